The normalized spacial score (nSPS) is 16.3. The number of nitrogens with zero attached hydrogens (tertiary/aromatic N) is 3. The molecule has 2 amide bonds. The van der Waals surface area contributed by atoms with Crippen molar-refractivity contribution in [3.8, 4) is 0 Å². The molecule has 24 heavy (non-hydrogen) atoms. The molecule has 2 heterocycles. The number of amides is 2. The lowest BCUT2D eigenvalue weighted by Gasteiger charge is -2.13. The maximum atomic E-state index is 12.9. The summed E-state index contributed by atoms with van der Waals surface area (Å²) in [5, 5.41) is 0. The van der Waals surface area contributed by atoms with Crippen LogP contribution in [0.15, 0.2) is 30.5 Å². The monoisotopic (exact) mass is 322 g/mol. The lowest BCUT2D eigenvalue weighted by molar-refractivity contribution is -0.576. The summed E-state index contributed by atoms with van der Waals surface area (Å²) in [6.07, 6.45) is 7.42. The molecule has 0 radical (unpaired) electrons. The van der Waals surface area contributed by atoms with Crippen LogP contribution in [-0.4, -0.2) is 16.9 Å². The van der Waals surface area contributed by atoms with Gasteiger partial charge in [0.25, 0.3) is 0 Å². The maximum Gasteiger partial charge on any atom is 0.512 e. The Morgan fingerprint density at radius 1 is 1.12 bits per heavy atom. The van der Waals surface area contributed by atoms with Crippen LogP contribution in [-0.2, 0) is 19.3 Å². The molecule has 0 spiro atoms. The zero-order valence-corrected chi connectivity index (χ0v) is 13.8. The van der Waals surface area contributed by atoms with E-state index in [1.165, 1.54) is 10.5 Å². The standard InChI is InChI=1S/C19H20N3O2/c1-2-5-13-8-10-14(11-9-13)21-18(23)17-12-20-15-6-3-4-7-16(15)22(17)19(21)24/h8-12H,2-7H2,1H3/q+1. The minimum absolute atomic E-state index is 0.279. The average molecular weight is 322 g/mol. The van der Waals surface area contributed by atoms with Crippen LogP contribution in [0.5, 0.6) is 0 Å². The number of carbonyl (C=O) groups is 2. The van der Waals surface area contributed by atoms with Gasteiger partial charge in [0.1, 0.15) is 11.4 Å². The van der Waals surface area contributed by atoms with Crippen LogP contribution in [0.4, 0.5) is 10.5 Å². The second-order valence-corrected chi connectivity index (χ2v) is 6.42. The molecule has 2 aromatic rings. The van der Waals surface area contributed by atoms with Crippen LogP contribution in [0.3, 0.4) is 0 Å². The summed E-state index contributed by atoms with van der Waals surface area (Å²) in [6, 6.07) is 7.40. The molecule has 1 aromatic heterocycles. The SMILES string of the molecule is CCCc1ccc(N2C(=O)c3cnc4c([n+]3C2=O)CCCC4)cc1. The van der Waals surface area contributed by atoms with Crippen LogP contribution in [0.2, 0.25) is 0 Å². The Morgan fingerprint density at radius 3 is 2.62 bits per heavy atom. The Bertz CT molecular complexity index is 827. The molecular formula is C19H20N3O2+. The van der Waals surface area contributed by atoms with Crippen LogP contribution < -0.4 is 9.47 Å². The largest absolute Gasteiger partial charge is 0.512 e. The fraction of sp³-hybridized carbons (Fsp3) is 0.368. The second-order valence-electron chi connectivity index (χ2n) is 6.42. The van der Waals surface area contributed by atoms with Gasteiger partial charge in [0.05, 0.1) is 11.9 Å². The number of imide groups is 1. The van der Waals surface area contributed by atoms with E-state index in [9.17, 15) is 9.59 Å². The van der Waals surface area contributed by atoms with E-state index in [-0.39, 0.29) is 11.9 Å². The van der Waals surface area contributed by atoms with Gasteiger partial charge in [0.15, 0.2) is 0 Å². The number of anilines is 1. The van der Waals surface area contributed by atoms with Crippen molar-refractivity contribution >= 4 is 17.6 Å². The van der Waals surface area contributed by atoms with Crippen molar-refractivity contribution in [1.82, 2.24) is 4.98 Å². The molecular weight excluding hydrogens is 302 g/mol. The Morgan fingerprint density at radius 2 is 1.88 bits per heavy atom. The van der Waals surface area contributed by atoms with Crippen molar-refractivity contribution in [2.75, 3.05) is 4.90 Å². The number of fused-ring (bicyclic) bond motifs is 3. The van der Waals surface area contributed by atoms with Crippen molar-refractivity contribution in [2.24, 2.45) is 0 Å². The number of hydrogen-bond donors (Lipinski definition) is 0. The van der Waals surface area contributed by atoms with E-state index >= 15 is 0 Å². The van der Waals surface area contributed by atoms with Crippen molar-refractivity contribution < 1.29 is 14.2 Å². The predicted molar refractivity (Wildman–Crippen MR) is 89.1 cm³/mol. The lowest BCUT2D eigenvalue weighted by Crippen LogP contribution is -2.50. The number of hydrogen-bond acceptors (Lipinski definition) is 3. The van der Waals surface area contributed by atoms with Gasteiger partial charge >= 0.3 is 11.9 Å². The molecule has 2 aliphatic rings. The van der Waals surface area contributed by atoms with Gasteiger partial charge < -0.3 is 0 Å². The first-order valence-electron chi connectivity index (χ1n) is 8.61. The number of carbonyl (C=O) groups excluding carboxylic acids is 2. The molecule has 1 aromatic carbocycles. The smallest absolute Gasteiger partial charge is 0.252 e. The zero-order valence-electron chi connectivity index (χ0n) is 13.8. The maximum absolute atomic E-state index is 12.9. The lowest BCUT2D eigenvalue weighted by atomic mass is 10.00. The van der Waals surface area contributed by atoms with Crippen molar-refractivity contribution in [2.45, 2.75) is 45.4 Å². The van der Waals surface area contributed by atoms with Gasteiger partial charge in [0.2, 0.25) is 5.69 Å². The summed E-state index contributed by atoms with van der Waals surface area (Å²) >= 11 is 0. The van der Waals surface area contributed by atoms with Crippen LogP contribution in [0.25, 0.3) is 0 Å². The van der Waals surface area contributed by atoms with E-state index in [1.807, 2.05) is 24.3 Å². The minimum Gasteiger partial charge on any atom is -0.252 e. The van der Waals surface area contributed by atoms with Gasteiger partial charge in [-0.1, -0.05) is 25.5 Å². The molecule has 122 valence electrons. The molecule has 0 fully saturated rings. The number of rotatable bonds is 3. The number of aromatic nitrogens is 2. The minimum atomic E-state index is -0.288. The first-order chi connectivity index (χ1) is 11.7. The van der Waals surface area contributed by atoms with Crippen molar-refractivity contribution in [3.63, 3.8) is 0 Å². The predicted octanol–water partition coefficient (Wildman–Crippen LogP) is 2.83. The molecule has 5 heteroatoms. The van der Waals surface area contributed by atoms with E-state index in [0.29, 0.717) is 11.4 Å². The third kappa shape index (κ3) is 2.23. The first kappa shape index (κ1) is 15.0. The average Bonchev–Trinajstić information content (AvgIpc) is 2.87. The van der Waals surface area contributed by atoms with Gasteiger partial charge in [-0.15, -0.1) is 9.47 Å². The van der Waals surface area contributed by atoms with Gasteiger partial charge in [-0.2, -0.15) is 4.79 Å². The fourth-order valence-electron chi connectivity index (χ4n) is 3.59. The molecule has 0 saturated carbocycles. The van der Waals surface area contributed by atoms with Crippen molar-refractivity contribution in [1.29, 1.82) is 0 Å². The summed E-state index contributed by atoms with van der Waals surface area (Å²) in [4.78, 5) is 31.4. The summed E-state index contributed by atoms with van der Waals surface area (Å²) in [5.74, 6) is -0.288. The summed E-state index contributed by atoms with van der Waals surface area (Å²) in [7, 11) is 0. The summed E-state index contributed by atoms with van der Waals surface area (Å²) in [6.45, 7) is 2.13. The second kappa shape index (κ2) is 5.82. The molecule has 0 N–H and O–H groups in total. The zero-order chi connectivity index (χ0) is 16.7. The highest BCUT2D eigenvalue weighted by atomic mass is 16.2. The van der Waals surface area contributed by atoms with E-state index in [0.717, 1.165) is 49.9 Å². The quantitative estimate of drug-likeness (QED) is 0.817. The topological polar surface area (TPSA) is 54.2 Å². The Kier molecular flexibility index (Phi) is 3.63. The molecule has 0 saturated heterocycles. The number of aryl methyl sites for hydroxylation is 2. The molecule has 0 bridgehead atoms. The molecule has 0 unspecified atom stereocenters. The third-order valence-electron chi connectivity index (χ3n) is 4.80. The van der Waals surface area contributed by atoms with E-state index in [1.54, 1.807) is 10.8 Å². The number of benzene rings is 1. The highest BCUT2D eigenvalue weighted by molar-refractivity contribution is 6.20. The van der Waals surface area contributed by atoms with Gasteiger partial charge in [-0.25, -0.2) is 4.79 Å². The Balaban J connectivity index is 1.74. The first-order valence-corrected chi connectivity index (χ1v) is 8.61. The molecule has 5 nitrogen and oxygen atoms in total. The fourth-order valence-corrected chi connectivity index (χ4v) is 3.59. The summed E-state index contributed by atoms with van der Waals surface area (Å²) < 4.78 is 1.57. The Hall–Kier alpha value is -2.56. The van der Waals surface area contributed by atoms with Gasteiger partial charge in [-0.3, -0.25) is 4.98 Å². The molecule has 1 aliphatic carbocycles. The van der Waals surface area contributed by atoms with Crippen molar-refractivity contribution in [3.05, 3.63) is 53.1 Å². The van der Waals surface area contributed by atoms with E-state index in [2.05, 4.69) is 11.9 Å². The van der Waals surface area contributed by atoms with Crippen LogP contribution >= 0.6 is 0 Å². The van der Waals surface area contributed by atoms with E-state index in [4.69, 9.17) is 0 Å². The highest BCUT2D eigenvalue weighted by Crippen LogP contribution is 2.24. The summed E-state index contributed by atoms with van der Waals surface area (Å²) in [5.41, 5.74) is 4.06. The van der Waals surface area contributed by atoms with Crippen LogP contribution in [0, 0.1) is 0 Å². The van der Waals surface area contributed by atoms with Crippen LogP contribution in [0.1, 0.15) is 53.6 Å². The van der Waals surface area contributed by atoms with Gasteiger partial charge in [-0.05, 0) is 43.4 Å². The molecule has 1 aliphatic heterocycles. The van der Waals surface area contributed by atoms with Gasteiger partial charge in [0, 0.05) is 6.42 Å². The molecule has 0 atom stereocenters. The highest BCUT2D eigenvalue weighted by Gasteiger charge is 2.49. The molecule has 4 rings (SSSR count). The Labute approximate surface area is 140 Å². The van der Waals surface area contributed by atoms with E-state index < -0.39 is 0 Å². The third-order valence-corrected chi connectivity index (χ3v) is 4.80.